The van der Waals surface area contributed by atoms with E-state index in [0.29, 0.717) is 41.8 Å². The molecule has 9 heteroatoms. The first kappa shape index (κ1) is 20.3. The zero-order valence-electron chi connectivity index (χ0n) is 18.0. The molecule has 0 atom stereocenters. The van der Waals surface area contributed by atoms with Crippen LogP contribution in [0.25, 0.3) is 11.2 Å². The summed E-state index contributed by atoms with van der Waals surface area (Å²) in [6, 6.07) is 5.90. The average molecular weight is 443 g/mol. The highest BCUT2D eigenvalue weighted by Gasteiger charge is 2.29. The lowest BCUT2D eigenvalue weighted by atomic mass is 10.1. The quantitative estimate of drug-likeness (QED) is 0.621. The summed E-state index contributed by atoms with van der Waals surface area (Å²) in [4.78, 5) is 35.4. The molecule has 164 valence electrons. The van der Waals surface area contributed by atoms with Gasteiger partial charge in [-0.25, -0.2) is 4.79 Å². The van der Waals surface area contributed by atoms with E-state index in [1.54, 1.807) is 7.05 Å². The van der Waals surface area contributed by atoms with Crippen molar-refractivity contribution in [3.8, 4) is 0 Å². The molecular weight excluding hydrogens is 416 g/mol. The first-order valence-electron chi connectivity index (χ1n) is 10.9. The van der Waals surface area contributed by atoms with Gasteiger partial charge in [-0.2, -0.15) is 4.98 Å². The summed E-state index contributed by atoms with van der Waals surface area (Å²) in [6.45, 7) is 6.49. The maximum absolute atomic E-state index is 13.4. The molecule has 2 aliphatic rings. The van der Waals surface area contributed by atoms with E-state index in [4.69, 9.17) is 16.6 Å². The van der Waals surface area contributed by atoms with E-state index in [2.05, 4.69) is 4.90 Å². The minimum Gasteiger partial charge on any atom is -0.310 e. The Labute approximate surface area is 185 Å². The monoisotopic (exact) mass is 442 g/mol. The highest BCUT2D eigenvalue weighted by atomic mass is 35.5. The van der Waals surface area contributed by atoms with E-state index < -0.39 is 0 Å². The third kappa shape index (κ3) is 3.38. The van der Waals surface area contributed by atoms with Gasteiger partial charge in [-0.3, -0.25) is 13.9 Å². The summed E-state index contributed by atoms with van der Waals surface area (Å²) in [5.74, 6) is 0.677. The zero-order chi connectivity index (χ0) is 21.7. The fourth-order valence-corrected chi connectivity index (χ4v) is 4.87. The Bertz CT molecular complexity index is 1270. The number of hydrogen-bond acceptors (Lipinski definition) is 5. The molecule has 2 aliphatic heterocycles. The Hall–Kier alpha value is -2.58. The van der Waals surface area contributed by atoms with Gasteiger partial charge in [-0.1, -0.05) is 24.1 Å². The second kappa shape index (κ2) is 7.84. The van der Waals surface area contributed by atoms with Crippen LogP contribution in [0.4, 0.5) is 11.6 Å². The van der Waals surface area contributed by atoms with Gasteiger partial charge < -0.3 is 14.4 Å². The van der Waals surface area contributed by atoms with Crippen LogP contribution in [0.5, 0.6) is 0 Å². The summed E-state index contributed by atoms with van der Waals surface area (Å²) in [5, 5.41) is 0.694. The fraction of sp³-hybridized carbons (Fsp3) is 0.500. The molecule has 0 aliphatic carbocycles. The van der Waals surface area contributed by atoms with Gasteiger partial charge in [-0.15, -0.1) is 0 Å². The molecule has 3 aromatic rings. The molecular formula is C22H27ClN6O2. The third-order valence-corrected chi connectivity index (χ3v) is 6.96. The van der Waals surface area contributed by atoms with Crippen LogP contribution < -0.4 is 16.1 Å². The predicted molar refractivity (Wildman–Crippen MR) is 123 cm³/mol. The molecule has 31 heavy (non-hydrogen) atoms. The SMILES string of the molecule is Cc1ccc(N2CCn3c2nc2c3c(=O)n(CCN3CCCCC3)c(=O)n2C)cc1Cl. The van der Waals surface area contributed by atoms with Crippen molar-refractivity contribution in [2.75, 3.05) is 31.1 Å². The highest BCUT2D eigenvalue weighted by molar-refractivity contribution is 6.31. The van der Waals surface area contributed by atoms with Gasteiger partial charge in [0, 0.05) is 43.9 Å². The molecule has 8 nitrogen and oxygen atoms in total. The topological polar surface area (TPSA) is 68.3 Å². The molecule has 0 unspecified atom stereocenters. The lowest BCUT2D eigenvalue weighted by Gasteiger charge is -2.26. The van der Waals surface area contributed by atoms with Crippen molar-refractivity contribution in [2.45, 2.75) is 39.3 Å². The molecule has 0 bridgehead atoms. The van der Waals surface area contributed by atoms with Crippen LogP contribution in [-0.2, 0) is 20.1 Å². The summed E-state index contributed by atoms with van der Waals surface area (Å²) in [6.07, 6.45) is 3.62. The summed E-state index contributed by atoms with van der Waals surface area (Å²) < 4.78 is 4.80. The molecule has 2 aromatic heterocycles. The van der Waals surface area contributed by atoms with Gasteiger partial charge in [0.25, 0.3) is 5.56 Å². The molecule has 4 heterocycles. The van der Waals surface area contributed by atoms with Crippen LogP contribution in [0.2, 0.25) is 5.02 Å². The van der Waals surface area contributed by atoms with E-state index in [9.17, 15) is 9.59 Å². The van der Waals surface area contributed by atoms with E-state index in [1.807, 2.05) is 34.6 Å². The maximum Gasteiger partial charge on any atom is 0.332 e. The largest absolute Gasteiger partial charge is 0.332 e. The number of likely N-dealkylation sites (tertiary alicyclic amines) is 1. The number of piperidine rings is 1. The number of fused-ring (bicyclic) bond motifs is 3. The first-order valence-corrected chi connectivity index (χ1v) is 11.3. The molecule has 0 spiro atoms. The summed E-state index contributed by atoms with van der Waals surface area (Å²) >= 11 is 6.33. The van der Waals surface area contributed by atoms with Crippen molar-refractivity contribution < 1.29 is 0 Å². The van der Waals surface area contributed by atoms with Crippen LogP contribution in [-0.4, -0.2) is 49.8 Å². The Balaban J connectivity index is 1.55. The Morgan fingerprint density at radius 1 is 1.03 bits per heavy atom. The molecule has 5 rings (SSSR count). The maximum atomic E-state index is 13.4. The third-order valence-electron chi connectivity index (χ3n) is 6.56. The van der Waals surface area contributed by atoms with Crippen molar-refractivity contribution in [2.24, 2.45) is 7.05 Å². The smallest absolute Gasteiger partial charge is 0.310 e. The molecule has 1 saturated heterocycles. The van der Waals surface area contributed by atoms with Gasteiger partial charge in [-0.05, 0) is 50.6 Å². The van der Waals surface area contributed by atoms with Crippen LogP contribution in [0.3, 0.4) is 0 Å². The molecule has 0 saturated carbocycles. The van der Waals surface area contributed by atoms with E-state index in [-0.39, 0.29) is 11.2 Å². The first-order chi connectivity index (χ1) is 15.0. The number of aryl methyl sites for hydroxylation is 2. The predicted octanol–water partition coefficient (Wildman–Crippen LogP) is 2.50. The summed E-state index contributed by atoms with van der Waals surface area (Å²) in [5.41, 5.74) is 2.31. The number of aromatic nitrogens is 4. The van der Waals surface area contributed by atoms with E-state index in [0.717, 1.165) is 30.9 Å². The number of anilines is 2. The number of hydrogen-bond donors (Lipinski definition) is 0. The van der Waals surface area contributed by atoms with Gasteiger partial charge in [0.1, 0.15) is 0 Å². The number of halogens is 1. The lowest BCUT2D eigenvalue weighted by molar-refractivity contribution is 0.218. The number of benzene rings is 1. The molecule has 1 fully saturated rings. The van der Waals surface area contributed by atoms with Gasteiger partial charge >= 0.3 is 5.69 Å². The standard InChI is InChI=1S/C22H27ClN6O2/c1-15-6-7-16(14-17(15)23)27-12-13-28-18-19(24-21(27)28)25(2)22(31)29(20(18)30)11-10-26-8-4-3-5-9-26/h6-7,14H,3-5,8-13H2,1-2H3. The molecule has 0 radical (unpaired) electrons. The Morgan fingerprint density at radius 3 is 2.55 bits per heavy atom. The molecule has 0 amide bonds. The van der Waals surface area contributed by atoms with Gasteiger partial charge in [0.05, 0.1) is 0 Å². The normalized spacial score (nSPS) is 16.9. The van der Waals surface area contributed by atoms with Crippen molar-refractivity contribution in [3.63, 3.8) is 0 Å². The fourth-order valence-electron chi connectivity index (χ4n) is 4.69. The van der Waals surface area contributed by atoms with E-state index >= 15 is 0 Å². The minimum atomic E-state index is -0.309. The van der Waals surface area contributed by atoms with Crippen molar-refractivity contribution >= 4 is 34.4 Å². The number of imidazole rings is 1. The summed E-state index contributed by atoms with van der Waals surface area (Å²) in [7, 11) is 1.69. The zero-order valence-corrected chi connectivity index (χ0v) is 18.7. The number of nitrogens with zero attached hydrogens (tertiary/aromatic N) is 6. The lowest BCUT2D eigenvalue weighted by Crippen LogP contribution is -2.43. The van der Waals surface area contributed by atoms with Crippen molar-refractivity contribution in [1.82, 2.24) is 23.6 Å². The van der Waals surface area contributed by atoms with Gasteiger partial charge in [0.2, 0.25) is 5.95 Å². The number of rotatable bonds is 4. The highest BCUT2D eigenvalue weighted by Crippen LogP contribution is 2.33. The molecule has 1 aromatic carbocycles. The minimum absolute atomic E-state index is 0.252. The second-order valence-electron chi connectivity index (χ2n) is 8.52. The van der Waals surface area contributed by atoms with Crippen LogP contribution in [0, 0.1) is 6.92 Å². The second-order valence-corrected chi connectivity index (χ2v) is 8.93. The van der Waals surface area contributed by atoms with E-state index in [1.165, 1.54) is 28.4 Å². The Kier molecular flexibility index (Phi) is 5.14. The Morgan fingerprint density at radius 2 is 1.81 bits per heavy atom. The van der Waals surface area contributed by atoms with Crippen LogP contribution in [0.1, 0.15) is 24.8 Å². The van der Waals surface area contributed by atoms with Crippen LogP contribution in [0.15, 0.2) is 27.8 Å². The average Bonchev–Trinajstić information content (AvgIpc) is 3.34. The van der Waals surface area contributed by atoms with Crippen molar-refractivity contribution in [3.05, 3.63) is 49.6 Å². The van der Waals surface area contributed by atoms with Gasteiger partial charge in [0.15, 0.2) is 11.2 Å². The van der Waals surface area contributed by atoms with Crippen molar-refractivity contribution in [1.29, 1.82) is 0 Å². The molecule has 0 N–H and O–H groups in total. The van der Waals surface area contributed by atoms with Crippen LogP contribution >= 0.6 is 11.6 Å².